The van der Waals surface area contributed by atoms with Crippen LogP contribution in [0.2, 0.25) is 0 Å². The molecule has 0 bridgehead atoms. The van der Waals surface area contributed by atoms with Crippen molar-refractivity contribution in [1.29, 1.82) is 0 Å². The minimum absolute atomic E-state index is 0.392. The lowest BCUT2D eigenvalue weighted by Gasteiger charge is -2.26. The number of aromatic nitrogens is 2. The van der Waals surface area contributed by atoms with Gasteiger partial charge >= 0.3 is 0 Å². The van der Waals surface area contributed by atoms with E-state index in [4.69, 9.17) is 0 Å². The second-order valence-electron chi connectivity index (χ2n) is 4.73. The normalized spacial score (nSPS) is 25.4. The number of nitrogens with zero attached hydrogens (tertiary/aromatic N) is 2. The molecule has 0 aromatic carbocycles. The fourth-order valence-corrected chi connectivity index (χ4v) is 2.17. The standard InChI is InChI=1S/C12H18FN3/c1-9-2-4-10(5-3-9)6-14-12-15-7-11(13)8-16-12/h7-10H,2-6H2,1H3,(H,14,15,16). The van der Waals surface area contributed by atoms with Crippen molar-refractivity contribution >= 4 is 5.95 Å². The molecule has 16 heavy (non-hydrogen) atoms. The number of nitrogens with one attached hydrogen (secondary N) is 1. The molecule has 1 fully saturated rings. The highest BCUT2D eigenvalue weighted by atomic mass is 19.1. The molecule has 0 radical (unpaired) electrons. The van der Waals surface area contributed by atoms with Crippen molar-refractivity contribution in [3.63, 3.8) is 0 Å². The van der Waals surface area contributed by atoms with E-state index in [1.165, 1.54) is 38.1 Å². The molecule has 1 aromatic heterocycles. The summed E-state index contributed by atoms with van der Waals surface area (Å²) in [4.78, 5) is 7.76. The first-order chi connectivity index (χ1) is 7.74. The monoisotopic (exact) mass is 223 g/mol. The molecule has 1 heterocycles. The van der Waals surface area contributed by atoms with Crippen molar-refractivity contribution in [2.75, 3.05) is 11.9 Å². The van der Waals surface area contributed by atoms with Crippen LogP contribution < -0.4 is 5.32 Å². The molecule has 0 amide bonds. The van der Waals surface area contributed by atoms with E-state index in [0.29, 0.717) is 11.9 Å². The summed E-state index contributed by atoms with van der Waals surface area (Å²) in [6.45, 7) is 3.21. The van der Waals surface area contributed by atoms with Gasteiger partial charge in [-0.2, -0.15) is 0 Å². The molecule has 0 atom stereocenters. The first kappa shape index (κ1) is 11.3. The maximum absolute atomic E-state index is 12.6. The zero-order valence-electron chi connectivity index (χ0n) is 9.62. The molecular weight excluding hydrogens is 205 g/mol. The Morgan fingerprint density at radius 2 is 1.88 bits per heavy atom. The van der Waals surface area contributed by atoms with Crippen LogP contribution in [0.1, 0.15) is 32.6 Å². The minimum atomic E-state index is -0.392. The Morgan fingerprint density at radius 1 is 1.25 bits per heavy atom. The second-order valence-corrected chi connectivity index (χ2v) is 4.73. The first-order valence-corrected chi connectivity index (χ1v) is 5.95. The highest BCUT2D eigenvalue weighted by Crippen LogP contribution is 2.28. The Morgan fingerprint density at radius 3 is 2.50 bits per heavy atom. The number of anilines is 1. The highest BCUT2D eigenvalue weighted by molar-refractivity contribution is 5.22. The first-order valence-electron chi connectivity index (χ1n) is 5.95. The molecule has 4 heteroatoms. The van der Waals surface area contributed by atoms with Gasteiger partial charge in [0.2, 0.25) is 5.95 Å². The number of rotatable bonds is 3. The predicted octanol–water partition coefficient (Wildman–Crippen LogP) is 2.85. The van der Waals surface area contributed by atoms with Crippen molar-refractivity contribution < 1.29 is 4.39 Å². The van der Waals surface area contributed by atoms with E-state index >= 15 is 0 Å². The van der Waals surface area contributed by atoms with Crippen molar-refractivity contribution in [1.82, 2.24) is 9.97 Å². The summed E-state index contributed by atoms with van der Waals surface area (Å²) in [7, 11) is 0. The molecule has 2 rings (SSSR count). The molecule has 88 valence electrons. The molecule has 0 saturated heterocycles. The SMILES string of the molecule is CC1CCC(CNc2ncc(F)cn2)CC1. The smallest absolute Gasteiger partial charge is 0.222 e. The van der Waals surface area contributed by atoms with Gasteiger partial charge in [-0.05, 0) is 24.7 Å². The zero-order valence-corrected chi connectivity index (χ0v) is 9.62. The van der Waals surface area contributed by atoms with Crippen LogP contribution in [0.15, 0.2) is 12.4 Å². The van der Waals surface area contributed by atoms with Crippen LogP contribution >= 0.6 is 0 Å². The quantitative estimate of drug-likeness (QED) is 0.856. The van der Waals surface area contributed by atoms with Crippen molar-refractivity contribution in [3.8, 4) is 0 Å². The van der Waals surface area contributed by atoms with Crippen LogP contribution in [0.25, 0.3) is 0 Å². The number of halogens is 1. The topological polar surface area (TPSA) is 37.8 Å². The lowest BCUT2D eigenvalue weighted by molar-refractivity contribution is 0.300. The summed E-state index contributed by atoms with van der Waals surface area (Å²) in [5.41, 5.74) is 0. The Hall–Kier alpha value is -1.19. The van der Waals surface area contributed by atoms with Crippen LogP contribution in [-0.2, 0) is 0 Å². The van der Waals surface area contributed by atoms with Crippen LogP contribution in [-0.4, -0.2) is 16.5 Å². The van der Waals surface area contributed by atoms with E-state index in [-0.39, 0.29) is 0 Å². The summed E-state index contributed by atoms with van der Waals surface area (Å²) >= 11 is 0. The molecular formula is C12H18FN3. The molecule has 1 aliphatic carbocycles. The van der Waals surface area contributed by atoms with Gasteiger partial charge in [-0.25, -0.2) is 14.4 Å². The van der Waals surface area contributed by atoms with Crippen LogP contribution in [0, 0.1) is 17.7 Å². The summed E-state index contributed by atoms with van der Waals surface area (Å²) in [6, 6.07) is 0. The van der Waals surface area contributed by atoms with Gasteiger partial charge in [0.05, 0.1) is 12.4 Å². The Bertz CT molecular complexity index is 318. The van der Waals surface area contributed by atoms with Gasteiger partial charge in [-0.3, -0.25) is 0 Å². The summed E-state index contributed by atoms with van der Waals surface area (Å²) in [5, 5.41) is 3.17. The average molecular weight is 223 g/mol. The van der Waals surface area contributed by atoms with Gasteiger partial charge < -0.3 is 5.32 Å². The molecule has 3 nitrogen and oxygen atoms in total. The number of hydrogen-bond donors (Lipinski definition) is 1. The van der Waals surface area contributed by atoms with E-state index < -0.39 is 5.82 Å². The van der Waals surface area contributed by atoms with Crippen molar-refractivity contribution in [2.24, 2.45) is 11.8 Å². The van der Waals surface area contributed by atoms with Gasteiger partial charge in [0.15, 0.2) is 5.82 Å². The lowest BCUT2D eigenvalue weighted by Crippen LogP contribution is -2.20. The van der Waals surface area contributed by atoms with Crippen molar-refractivity contribution in [2.45, 2.75) is 32.6 Å². The van der Waals surface area contributed by atoms with Gasteiger partial charge in [0.25, 0.3) is 0 Å². The van der Waals surface area contributed by atoms with Crippen molar-refractivity contribution in [3.05, 3.63) is 18.2 Å². The highest BCUT2D eigenvalue weighted by Gasteiger charge is 2.17. The van der Waals surface area contributed by atoms with Crippen LogP contribution in [0.3, 0.4) is 0 Å². The molecule has 1 aromatic rings. The fraction of sp³-hybridized carbons (Fsp3) is 0.667. The maximum Gasteiger partial charge on any atom is 0.222 e. The zero-order chi connectivity index (χ0) is 11.4. The largest absolute Gasteiger partial charge is 0.354 e. The van der Waals surface area contributed by atoms with E-state index in [9.17, 15) is 4.39 Å². The number of hydrogen-bond acceptors (Lipinski definition) is 3. The van der Waals surface area contributed by atoms with E-state index in [1.54, 1.807) is 0 Å². The molecule has 0 unspecified atom stereocenters. The third-order valence-corrected chi connectivity index (χ3v) is 3.30. The van der Waals surface area contributed by atoms with Gasteiger partial charge in [-0.15, -0.1) is 0 Å². The Kier molecular flexibility index (Phi) is 3.70. The second kappa shape index (κ2) is 5.23. The third kappa shape index (κ3) is 3.15. The predicted molar refractivity (Wildman–Crippen MR) is 61.6 cm³/mol. The van der Waals surface area contributed by atoms with Gasteiger partial charge in [0, 0.05) is 6.54 Å². The van der Waals surface area contributed by atoms with Crippen LogP contribution in [0.5, 0.6) is 0 Å². The van der Waals surface area contributed by atoms with Gasteiger partial charge in [-0.1, -0.05) is 19.8 Å². The summed E-state index contributed by atoms with van der Waals surface area (Å²) in [5.74, 6) is 1.72. The summed E-state index contributed by atoms with van der Waals surface area (Å²) < 4.78 is 12.6. The Balaban J connectivity index is 1.77. The molecule has 0 aliphatic heterocycles. The average Bonchev–Trinajstić information content (AvgIpc) is 2.30. The third-order valence-electron chi connectivity index (χ3n) is 3.30. The lowest BCUT2D eigenvalue weighted by atomic mass is 9.83. The fourth-order valence-electron chi connectivity index (χ4n) is 2.17. The maximum atomic E-state index is 12.6. The van der Waals surface area contributed by atoms with Gasteiger partial charge in [0.1, 0.15) is 0 Å². The van der Waals surface area contributed by atoms with Crippen LogP contribution in [0.4, 0.5) is 10.3 Å². The van der Waals surface area contributed by atoms with E-state index in [1.807, 2.05) is 0 Å². The molecule has 1 N–H and O–H groups in total. The minimum Gasteiger partial charge on any atom is -0.354 e. The molecule has 1 aliphatic rings. The molecule has 1 saturated carbocycles. The Labute approximate surface area is 95.5 Å². The summed E-state index contributed by atoms with van der Waals surface area (Å²) in [6.07, 6.45) is 7.56. The van der Waals surface area contributed by atoms with E-state index in [0.717, 1.165) is 12.5 Å². The van der Waals surface area contributed by atoms with E-state index in [2.05, 4.69) is 22.2 Å². The molecule has 0 spiro atoms.